The van der Waals surface area contributed by atoms with E-state index in [0.29, 0.717) is 5.41 Å². The highest BCUT2D eigenvalue weighted by Gasteiger charge is 2.15. The molecule has 0 rings (SSSR count). The molecular formula is C14H28N2. The van der Waals surface area contributed by atoms with Crippen molar-refractivity contribution in [1.82, 2.24) is 10.9 Å². The summed E-state index contributed by atoms with van der Waals surface area (Å²) in [5, 5.41) is 0. The minimum atomic E-state index is 0.342. The molecule has 0 spiro atoms. The molecule has 0 radical (unpaired) electrons. The van der Waals surface area contributed by atoms with Crippen LogP contribution in [0.3, 0.4) is 0 Å². The van der Waals surface area contributed by atoms with Gasteiger partial charge in [-0.2, -0.15) is 0 Å². The van der Waals surface area contributed by atoms with Gasteiger partial charge in [0, 0.05) is 12.2 Å². The number of hydrogen-bond acceptors (Lipinski definition) is 2. The van der Waals surface area contributed by atoms with Crippen molar-refractivity contribution in [3.63, 3.8) is 0 Å². The average Bonchev–Trinajstić information content (AvgIpc) is 2.22. The standard InChI is InChI=1S/C14H28N2/c1-6-8-9-10-11-15-16-13(3)12-14(4,5)7-2/h6,15-16H,1,3,7-12H2,2,4-5H3. The normalized spacial score (nSPS) is 11.2. The van der Waals surface area contributed by atoms with Crippen molar-refractivity contribution >= 4 is 0 Å². The van der Waals surface area contributed by atoms with Gasteiger partial charge in [-0.3, -0.25) is 0 Å². The van der Waals surface area contributed by atoms with Gasteiger partial charge in [-0.15, -0.1) is 6.58 Å². The van der Waals surface area contributed by atoms with Gasteiger partial charge in [-0.1, -0.05) is 39.8 Å². The number of rotatable bonds is 10. The highest BCUT2D eigenvalue weighted by Crippen LogP contribution is 2.26. The van der Waals surface area contributed by atoms with Gasteiger partial charge in [0.1, 0.15) is 0 Å². The molecule has 0 aromatic carbocycles. The number of hydrogen-bond donors (Lipinski definition) is 2. The number of unbranched alkanes of at least 4 members (excludes halogenated alkanes) is 2. The fourth-order valence-corrected chi connectivity index (χ4v) is 1.44. The maximum absolute atomic E-state index is 4.03. The number of hydrazine groups is 1. The van der Waals surface area contributed by atoms with E-state index < -0.39 is 0 Å². The Morgan fingerprint density at radius 1 is 1.31 bits per heavy atom. The van der Waals surface area contributed by atoms with Crippen molar-refractivity contribution in [1.29, 1.82) is 0 Å². The van der Waals surface area contributed by atoms with E-state index in [0.717, 1.165) is 25.1 Å². The van der Waals surface area contributed by atoms with Crippen LogP contribution in [0.1, 0.15) is 52.9 Å². The summed E-state index contributed by atoms with van der Waals surface area (Å²) in [7, 11) is 0. The highest BCUT2D eigenvalue weighted by molar-refractivity contribution is 4.94. The van der Waals surface area contributed by atoms with Crippen LogP contribution in [0.4, 0.5) is 0 Å². The molecule has 0 heterocycles. The average molecular weight is 224 g/mol. The first kappa shape index (κ1) is 15.2. The summed E-state index contributed by atoms with van der Waals surface area (Å²) >= 11 is 0. The Labute approximate surface area is 101 Å². The Bertz CT molecular complexity index is 207. The Balaban J connectivity index is 3.47. The van der Waals surface area contributed by atoms with E-state index in [1.165, 1.54) is 19.3 Å². The van der Waals surface area contributed by atoms with Crippen LogP contribution < -0.4 is 10.9 Å². The third-order valence-electron chi connectivity index (χ3n) is 2.87. The molecule has 2 nitrogen and oxygen atoms in total. The van der Waals surface area contributed by atoms with E-state index >= 15 is 0 Å². The second-order valence-corrected chi connectivity index (χ2v) is 5.13. The van der Waals surface area contributed by atoms with Crippen LogP contribution in [-0.4, -0.2) is 6.54 Å². The van der Waals surface area contributed by atoms with E-state index in [2.05, 4.69) is 44.8 Å². The monoisotopic (exact) mass is 224 g/mol. The van der Waals surface area contributed by atoms with Crippen molar-refractivity contribution in [2.24, 2.45) is 5.41 Å². The molecule has 16 heavy (non-hydrogen) atoms. The van der Waals surface area contributed by atoms with Gasteiger partial charge >= 0.3 is 0 Å². The van der Waals surface area contributed by atoms with Crippen LogP contribution in [-0.2, 0) is 0 Å². The lowest BCUT2D eigenvalue weighted by Crippen LogP contribution is -2.33. The lowest BCUT2D eigenvalue weighted by molar-refractivity contribution is 0.335. The van der Waals surface area contributed by atoms with Gasteiger partial charge in [-0.05, 0) is 31.1 Å². The maximum Gasteiger partial charge on any atom is 0.0195 e. The van der Waals surface area contributed by atoms with E-state index in [1.807, 2.05) is 6.08 Å². The molecule has 0 aliphatic heterocycles. The van der Waals surface area contributed by atoms with Crippen LogP contribution in [0, 0.1) is 5.41 Å². The third kappa shape index (κ3) is 8.54. The predicted molar refractivity (Wildman–Crippen MR) is 73.0 cm³/mol. The molecule has 0 amide bonds. The summed E-state index contributed by atoms with van der Waals surface area (Å²) in [6, 6.07) is 0. The Kier molecular flexibility index (Phi) is 8.00. The quantitative estimate of drug-likeness (QED) is 0.335. The summed E-state index contributed by atoms with van der Waals surface area (Å²) in [5.41, 5.74) is 7.81. The maximum atomic E-state index is 4.03. The van der Waals surface area contributed by atoms with E-state index in [1.54, 1.807) is 0 Å². The summed E-state index contributed by atoms with van der Waals surface area (Å²) in [5.74, 6) is 0. The van der Waals surface area contributed by atoms with Gasteiger partial charge in [0.05, 0.1) is 0 Å². The van der Waals surface area contributed by atoms with Crippen LogP contribution in [0.15, 0.2) is 24.9 Å². The second-order valence-electron chi connectivity index (χ2n) is 5.13. The number of nitrogens with one attached hydrogen (secondary N) is 2. The fraction of sp³-hybridized carbons (Fsp3) is 0.714. The third-order valence-corrected chi connectivity index (χ3v) is 2.87. The zero-order valence-electron chi connectivity index (χ0n) is 11.2. The SMILES string of the molecule is C=CCCCCNNC(=C)CC(C)(C)CC. The van der Waals surface area contributed by atoms with Crippen molar-refractivity contribution in [3.05, 3.63) is 24.9 Å². The lowest BCUT2D eigenvalue weighted by atomic mass is 9.85. The fourth-order valence-electron chi connectivity index (χ4n) is 1.44. The van der Waals surface area contributed by atoms with Crippen LogP contribution >= 0.6 is 0 Å². The first-order chi connectivity index (χ1) is 7.52. The largest absolute Gasteiger partial charge is 0.326 e. The molecule has 0 fully saturated rings. The van der Waals surface area contributed by atoms with Gasteiger partial charge in [0.25, 0.3) is 0 Å². The lowest BCUT2D eigenvalue weighted by Gasteiger charge is -2.24. The van der Waals surface area contributed by atoms with Gasteiger partial charge in [-0.25, -0.2) is 5.43 Å². The Morgan fingerprint density at radius 2 is 2.00 bits per heavy atom. The van der Waals surface area contributed by atoms with Gasteiger partial charge in [0.2, 0.25) is 0 Å². The van der Waals surface area contributed by atoms with Gasteiger partial charge in [0.15, 0.2) is 0 Å². The van der Waals surface area contributed by atoms with Crippen LogP contribution in [0.2, 0.25) is 0 Å². The molecule has 0 saturated heterocycles. The zero-order chi connectivity index (χ0) is 12.4. The molecule has 2 heteroatoms. The molecule has 0 aliphatic rings. The van der Waals surface area contributed by atoms with Crippen molar-refractivity contribution in [3.8, 4) is 0 Å². The first-order valence-electron chi connectivity index (χ1n) is 6.29. The van der Waals surface area contributed by atoms with Crippen molar-refractivity contribution in [2.75, 3.05) is 6.54 Å². The Morgan fingerprint density at radius 3 is 2.56 bits per heavy atom. The molecule has 0 aromatic rings. The minimum absolute atomic E-state index is 0.342. The van der Waals surface area contributed by atoms with Crippen molar-refractivity contribution in [2.45, 2.75) is 52.9 Å². The van der Waals surface area contributed by atoms with Crippen molar-refractivity contribution < 1.29 is 0 Å². The van der Waals surface area contributed by atoms with E-state index in [4.69, 9.17) is 0 Å². The molecule has 0 aliphatic carbocycles. The molecule has 0 unspecified atom stereocenters. The summed E-state index contributed by atoms with van der Waals surface area (Å²) in [4.78, 5) is 0. The topological polar surface area (TPSA) is 24.1 Å². The summed E-state index contributed by atoms with van der Waals surface area (Å²) in [6.45, 7) is 15.5. The molecular weight excluding hydrogens is 196 g/mol. The highest BCUT2D eigenvalue weighted by atomic mass is 15.4. The molecule has 0 saturated carbocycles. The first-order valence-corrected chi connectivity index (χ1v) is 6.29. The number of allylic oxidation sites excluding steroid dienone is 2. The second kappa shape index (κ2) is 8.40. The van der Waals surface area contributed by atoms with Crippen LogP contribution in [0.25, 0.3) is 0 Å². The molecule has 0 bridgehead atoms. The van der Waals surface area contributed by atoms with E-state index in [9.17, 15) is 0 Å². The summed E-state index contributed by atoms with van der Waals surface area (Å²) in [6.07, 6.45) is 7.63. The smallest absolute Gasteiger partial charge is 0.0195 e. The molecule has 94 valence electrons. The predicted octanol–water partition coefficient (Wildman–Crippen LogP) is 3.78. The summed E-state index contributed by atoms with van der Waals surface area (Å²) < 4.78 is 0. The molecule has 2 N–H and O–H groups in total. The molecule has 0 atom stereocenters. The Hall–Kier alpha value is -0.760. The zero-order valence-corrected chi connectivity index (χ0v) is 11.2. The minimum Gasteiger partial charge on any atom is -0.326 e. The molecule has 0 aromatic heterocycles. The van der Waals surface area contributed by atoms with Gasteiger partial charge < -0.3 is 5.43 Å². The van der Waals surface area contributed by atoms with E-state index in [-0.39, 0.29) is 0 Å². The van der Waals surface area contributed by atoms with Crippen LogP contribution in [0.5, 0.6) is 0 Å².